The minimum Gasteiger partial charge on any atom is -0.469 e. The van der Waals surface area contributed by atoms with Gasteiger partial charge in [-0.2, -0.15) is 0 Å². The van der Waals surface area contributed by atoms with Crippen LogP contribution in [0.5, 0.6) is 0 Å². The molecule has 0 aliphatic heterocycles. The Morgan fingerprint density at radius 1 is 1.47 bits per heavy atom. The molecule has 0 unspecified atom stereocenters. The molecule has 3 nitrogen and oxygen atoms in total. The average molecular weight is 248 g/mol. The van der Waals surface area contributed by atoms with E-state index in [1.807, 2.05) is 0 Å². The standard InChI is InChI=1S/C10H11Cl2NO2/c1-15-10(14)4-5-13-9-6-7(11)2-3-8(9)12/h2-3,6,13H,4-5H2,1H3. The van der Waals surface area contributed by atoms with Crippen molar-refractivity contribution in [1.82, 2.24) is 0 Å². The number of methoxy groups -OCH3 is 1. The molecule has 0 amide bonds. The van der Waals surface area contributed by atoms with Crippen LogP contribution in [-0.2, 0) is 9.53 Å². The van der Waals surface area contributed by atoms with Crippen LogP contribution in [-0.4, -0.2) is 19.6 Å². The molecule has 0 spiro atoms. The number of anilines is 1. The molecular formula is C10H11Cl2NO2. The number of esters is 1. The molecule has 5 heteroatoms. The topological polar surface area (TPSA) is 38.3 Å². The molecule has 0 aliphatic rings. The van der Waals surface area contributed by atoms with Crippen molar-refractivity contribution in [3.05, 3.63) is 28.2 Å². The summed E-state index contributed by atoms with van der Waals surface area (Å²) in [4.78, 5) is 10.8. The van der Waals surface area contributed by atoms with E-state index in [0.717, 1.165) is 0 Å². The van der Waals surface area contributed by atoms with E-state index in [2.05, 4.69) is 10.1 Å². The summed E-state index contributed by atoms with van der Waals surface area (Å²) in [7, 11) is 1.36. The molecule has 1 aromatic rings. The minimum absolute atomic E-state index is 0.263. The Labute approximate surface area is 98.3 Å². The van der Waals surface area contributed by atoms with Crippen LogP contribution in [0.4, 0.5) is 5.69 Å². The zero-order valence-electron chi connectivity index (χ0n) is 8.22. The third kappa shape index (κ3) is 3.98. The van der Waals surface area contributed by atoms with E-state index in [4.69, 9.17) is 23.2 Å². The third-order valence-corrected chi connectivity index (χ3v) is 2.37. The summed E-state index contributed by atoms with van der Waals surface area (Å²) in [6, 6.07) is 5.11. The summed E-state index contributed by atoms with van der Waals surface area (Å²) in [6.45, 7) is 0.465. The molecule has 0 heterocycles. The number of hydrogen-bond donors (Lipinski definition) is 1. The van der Waals surface area contributed by atoms with Gasteiger partial charge in [0.2, 0.25) is 0 Å². The van der Waals surface area contributed by atoms with Crippen molar-refractivity contribution >= 4 is 34.9 Å². The minimum atomic E-state index is -0.263. The predicted molar refractivity (Wildman–Crippen MR) is 61.6 cm³/mol. The van der Waals surface area contributed by atoms with Gasteiger partial charge in [0.1, 0.15) is 0 Å². The molecule has 0 aromatic heterocycles. The predicted octanol–water partition coefficient (Wildman–Crippen LogP) is 2.97. The summed E-state index contributed by atoms with van der Waals surface area (Å²) in [6.07, 6.45) is 0.291. The molecule has 0 saturated heterocycles. The SMILES string of the molecule is COC(=O)CCNc1cc(Cl)ccc1Cl. The first-order valence-electron chi connectivity index (χ1n) is 4.39. The third-order valence-electron chi connectivity index (χ3n) is 1.80. The van der Waals surface area contributed by atoms with Crippen LogP contribution in [0, 0.1) is 0 Å². The van der Waals surface area contributed by atoms with E-state index >= 15 is 0 Å². The van der Waals surface area contributed by atoms with Crippen molar-refractivity contribution < 1.29 is 9.53 Å². The number of hydrogen-bond acceptors (Lipinski definition) is 3. The lowest BCUT2D eigenvalue weighted by atomic mass is 10.3. The van der Waals surface area contributed by atoms with Crippen molar-refractivity contribution in [3.63, 3.8) is 0 Å². The van der Waals surface area contributed by atoms with Gasteiger partial charge in [0.15, 0.2) is 0 Å². The molecular weight excluding hydrogens is 237 g/mol. The summed E-state index contributed by atoms with van der Waals surface area (Å²) >= 11 is 11.7. The average Bonchev–Trinajstić information content (AvgIpc) is 2.23. The van der Waals surface area contributed by atoms with Gasteiger partial charge in [0, 0.05) is 11.6 Å². The van der Waals surface area contributed by atoms with E-state index in [1.165, 1.54) is 7.11 Å². The van der Waals surface area contributed by atoms with Crippen LogP contribution in [0.2, 0.25) is 10.0 Å². The fraction of sp³-hybridized carbons (Fsp3) is 0.300. The van der Waals surface area contributed by atoms with Crippen LogP contribution in [0.25, 0.3) is 0 Å². The molecule has 15 heavy (non-hydrogen) atoms. The lowest BCUT2D eigenvalue weighted by molar-refractivity contribution is -0.140. The highest BCUT2D eigenvalue weighted by atomic mass is 35.5. The van der Waals surface area contributed by atoms with Gasteiger partial charge in [0.05, 0.1) is 24.2 Å². The lowest BCUT2D eigenvalue weighted by Gasteiger charge is -2.07. The molecule has 0 atom stereocenters. The second-order valence-corrected chi connectivity index (χ2v) is 3.72. The first-order valence-corrected chi connectivity index (χ1v) is 5.15. The summed E-state index contributed by atoms with van der Waals surface area (Å²) in [5.41, 5.74) is 0.716. The Morgan fingerprint density at radius 3 is 2.87 bits per heavy atom. The van der Waals surface area contributed by atoms with E-state index in [0.29, 0.717) is 28.7 Å². The number of carbonyl (C=O) groups excluding carboxylic acids is 1. The number of benzene rings is 1. The first kappa shape index (κ1) is 12.1. The van der Waals surface area contributed by atoms with Gasteiger partial charge in [-0.3, -0.25) is 4.79 Å². The van der Waals surface area contributed by atoms with Crippen molar-refractivity contribution in [2.75, 3.05) is 19.0 Å². The van der Waals surface area contributed by atoms with Crippen molar-refractivity contribution in [1.29, 1.82) is 0 Å². The zero-order chi connectivity index (χ0) is 11.3. The van der Waals surface area contributed by atoms with E-state index < -0.39 is 0 Å². The molecule has 1 rings (SSSR count). The van der Waals surface area contributed by atoms with E-state index in [1.54, 1.807) is 18.2 Å². The highest BCUT2D eigenvalue weighted by molar-refractivity contribution is 6.35. The van der Waals surface area contributed by atoms with Crippen LogP contribution in [0.1, 0.15) is 6.42 Å². The maximum atomic E-state index is 10.8. The lowest BCUT2D eigenvalue weighted by Crippen LogP contribution is -2.09. The molecule has 0 bridgehead atoms. The molecule has 0 radical (unpaired) electrons. The fourth-order valence-corrected chi connectivity index (χ4v) is 1.39. The van der Waals surface area contributed by atoms with Crippen molar-refractivity contribution in [2.45, 2.75) is 6.42 Å². The molecule has 1 aromatic carbocycles. The first-order chi connectivity index (χ1) is 7.13. The Hall–Kier alpha value is -0.930. The summed E-state index contributed by atoms with van der Waals surface area (Å²) < 4.78 is 4.50. The second kappa shape index (κ2) is 5.83. The number of rotatable bonds is 4. The molecule has 0 aliphatic carbocycles. The van der Waals surface area contributed by atoms with Gasteiger partial charge in [-0.15, -0.1) is 0 Å². The number of ether oxygens (including phenoxy) is 1. The fourth-order valence-electron chi connectivity index (χ4n) is 1.03. The van der Waals surface area contributed by atoms with Gasteiger partial charge >= 0.3 is 5.97 Å². The van der Waals surface area contributed by atoms with Gasteiger partial charge in [0.25, 0.3) is 0 Å². The second-order valence-electron chi connectivity index (χ2n) is 2.88. The smallest absolute Gasteiger partial charge is 0.307 e. The van der Waals surface area contributed by atoms with Crippen LogP contribution < -0.4 is 5.32 Å². The summed E-state index contributed by atoms with van der Waals surface area (Å²) in [5.74, 6) is -0.263. The molecule has 1 N–H and O–H groups in total. The van der Waals surface area contributed by atoms with Crippen molar-refractivity contribution in [3.8, 4) is 0 Å². The Bertz CT molecular complexity index is 355. The quantitative estimate of drug-likeness (QED) is 0.832. The van der Waals surface area contributed by atoms with Crippen LogP contribution >= 0.6 is 23.2 Å². The summed E-state index contributed by atoms with van der Waals surface area (Å²) in [5, 5.41) is 4.17. The van der Waals surface area contributed by atoms with Crippen molar-refractivity contribution in [2.24, 2.45) is 0 Å². The maximum absolute atomic E-state index is 10.8. The molecule has 82 valence electrons. The largest absolute Gasteiger partial charge is 0.469 e. The monoisotopic (exact) mass is 247 g/mol. The normalized spacial score (nSPS) is 9.80. The Morgan fingerprint density at radius 2 is 2.20 bits per heavy atom. The van der Waals surface area contributed by atoms with Crippen LogP contribution in [0.3, 0.4) is 0 Å². The highest BCUT2D eigenvalue weighted by Gasteiger charge is 2.02. The van der Waals surface area contributed by atoms with Gasteiger partial charge in [-0.1, -0.05) is 23.2 Å². The van der Waals surface area contributed by atoms with Crippen LogP contribution in [0.15, 0.2) is 18.2 Å². The molecule has 0 saturated carbocycles. The number of nitrogens with one attached hydrogen (secondary N) is 1. The zero-order valence-corrected chi connectivity index (χ0v) is 9.73. The Balaban J connectivity index is 2.50. The van der Waals surface area contributed by atoms with E-state index in [9.17, 15) is 4.79 Å². The van der Waals surface area contributed by atoms with Gasteiger partial charge in [-0.05, 0) is 18.2 Å². The maximum Gasteiger partial charge on any atom is 0.307 e. The number of halogens is 2. The Kier molecular flexibility index (Phi) is 4.72. The molecule has 0 fully saturated rings. The van der Waals surface area contributed by atoms with E-state index in [-0.39, 0.29) is 5.97 Å². The highest BCUT2D eigenvalue weighted by Crippen LogP contribution is 2.25. The van der Waals surface area contributed by atoms with Gasteiger partial charge < -0.3 is 10.1 Å². The van der Waals surface area contributed by atoms with Gasteiger partial charge in [-0.25, -0.2) is 0 Å². The number of carbonyl (C=O) groups is 1.